The van der Waals surface area contributed by atoms with Gasteiger partial charge in [-0.15, -0.1) is 0 Å². The first-order valence-electron chi connectivity index (χ1n) is 10.5. The molecule has 0 aliphatic carbocycles. The van der Waals surface area contributed by atoms with E-state index < -0.39 is 0 Å². The summed E-state index contributed by atoms with van der Waals surface area (Å²) in [7, 11) is 0. The van der Waals surface area contributed by atoms with Crippen LogP contribution in [0.3, 0.4) is 0 Å². The molecule has 1 N–H and O–H groups in total. The molecule has 1 amide bonds. The number of anilines is 1. The highest BCUT2D eigenvalue weighted by Crippen LogP contribution is 2.40. The second-order valence-corrected chi connectivity index (χ2v) is 8.70. The van der Waals surface area contributed by atoms with Crippen molar-refractivity contribution >= 4 is 23.4 Å². The Bertz CT molecular complexity index is 1330. The Morgan fingerprint density at radius 1 is 1.06 bits per heavy atom. The van der Waals surface area contributed by atoms with E-state index in [1.54, 1.807) is 12.1 Å². The number of ether oxygens (including phenoxy) is 1. The smallest absolute Gasteiger partial charge is 0.234 e. The minimum atomic E-state index is -0.329. The van der Waals surface area contributed by atoms with Crippen molar-refractivity contribution in [3.63, 3.8) is 0 Å². The van der Waals surface area contributed by atoms with Crippen molar-refractivity contribution in [2.75, 3.05) is 11.1 Å². The molecule has 1 aliphatic rings. The van der Waals surface area contributed by atoms with Crippen LogP contribution >= 0.6 is 11.8 Å². The van der Waals surface area contributed by atoms with Gasteiger partial charge in [-0.1, -0.05) is 47.7 Å². The molecule has 33 heavy (non-hydrogen) atoms. The van der Waals surface area contributed by atoms with E-state index in [0.717, 1.165) is 28.1 Å². The van der Waals surface area contributed by atoms with Crippen LogP contribution in [-0.2, 0) is 11.2 Å². The summed E-state index contributed by atoms with van der Waals surface area (Å²) >= 11 is 1.34. The fourth-order valence-electron chi connectivity index (χ4n) is 3.62. The summed E-state index contributed by atoms with van der Waals surface area (Å²) in [6.45, 7) is 2.04. The molecule has 1 aliphatic heterocycles. The number of para-hydroxylation sites is 1. The van der Waals surface area contributed by atoms with Crippen molar-refractivity contribution in [2.24, 2.45) is 0 Å². The Kier molecular flexibility index (Phi) is 5.79. The van der Waals surface area contributed by atoms with Gasteiger partial charge in [0.2, 0.25) is 11.8 Å². The predicted molar refractivity (Wildman–Crippen MR) is 127 cm³/mol. The van der Waals surface area contributed by atoms with Crippen LogP contribution in [0.15, 0.2) is 77.8 Å². The van der Waals surface area contributed by atoms with Crippen molar-refractivity contribution in [3.05, 3.63) is 95.3 Å². The highest BCUT2D eigenvalue weighted by atomic mass is 32.2. The van der Waals surface area contributed by atoms with Crippen molar-refractivity contribution in [1.82, 2.24) is 9.97 Å². The van der Waals surface area contributed by atoms with Crippen LogP contribution in [0.1, 0.15) is 16.7 Å². The number of nitrogens with one attached hydrogen (secondary N) is 1. The lowest BCUT2D eigenvalue weighted by Crippen LogP contribution is -2.15. The van der Waals surface area contributed by atoms with Gasteiger partial charge in [0.05, 0.1) is 11.3 Å². The Morgan fingerprint density at radius 3 is 2.64 bits per heavy atom. The van der Waals surface area contributed by atoms with Gasteiger partial charge in [0.1, 0.15) is 16.6 Å². The van der Waals surface area contributed by atoms with Gasteiger partial charge < -0.3 is 10.1 Å². The van der Waals surface area contributed by atoms with Gasteiger partial charge in [0.15, 0.2) is 5.82 Å². The van der Waals surface area contributed by atoms with Crippen LogP contribution in [0.4, 0.5) is 10.1 Å². The Morgan fingerprint density at radius 2 is 1.85 bits per heavy atom. The van der Waals surface area contributed by atoms with Gasteiger partial charge in [-0.25, -0.2) is 9.37 Å². The number of hydrogen-bond acceptors (Lipinski definition) is 5. The predicted octanol–water partition coefficient (Wildman–Crippen LogP) is 6.02. The number of rotatable bonds is 5. The van der Waals surface area contributed by atoms with Crippen LogP contribution in [0.25, 0.3) is 11.4 Å². The number of carbonyl (C=O) groups is 1. The summed E-state index contributed by atoms with van der Waals surface area (Å²) in [5, 5.41) is 3.57. The number of fused-ring (bicyclic) bond motifs is 2. The van der Waals surface area contributed by atoms with Crippen LogP contribution in [-0.4, -0.2) is 21.6 Å². The van der Waals surface area contributed by atoms with Gasteiger partial charge in [-0.05, 0) is 55.0 Å². The average molecular weight is 458 g/mol. The SMILES string of the molecule is Cc1ccc2c(c1)Cc1c(nc(-c3ccc(F)cc3)nc1SCC(=O)Nc1ccccc1)O2. The molecule has 5 nitrogen and oxygen atoms in total. The molecular weight excluding hydrogens is 437 g/mol. The fourth-order valence-corrected chi connectivity index (χ4v) is 4.44. The normalized spacial score (nSPS) is 11.8. The van der Waals surface area contributed by atoms with Crippen molar-refractivity contribution in [2.45, 2.75) is 18.4 Å². The van der Waals surface area contributed by atoms with E-state index in [4.69, 9.17) is 9.72 Å². The second-order valence-electron chi connectivity index (χ2n) is 7.74. The fraction of sp³-hybridized carbons (Fsp3) is 0.115. The summed E-state index contributed by atoms with van der Waals surface area (Å²) in [6.07, 6.45) is 0.610. The molecule has 0 saturated heterocycles. The van der Waals surface area contributed by atoms with E-state index in [1.807, 2.05) is 49.4 Å². The van der Waals surface area contributed by atoms with E-state index >= 15 is 0 Å². The molecule has 0 saturated carbocycles. The first-order chi connectivity index (χ1) is 16.0. The molecule has 0 spiro atoms. The Labute approximate surface area is 195 Å². The third-order valence-corrected chi connectivity index (χ3v) is 6.24. The van der Waals surface area contributed by atoms with Crippen molar-refractivity contribution < 1.29 is 13.9 Å². The zero-order valence-corrected chi connectivity index (χ0v) is 18.7. The highest BCUT2D eigenvalue weighted by molar-refractivity contribution is 8.00. The topological polar surface area (TPSA) is 64.1 Å². The number of benzene rings is 3. The van der Waals surface area contributed by atoms with Crippen molar-refractivity contribution in [1.29, 1.82) is 0 Å². The molecule has 3 aromatic carbocycles. The van der Waals surface area contributed by atoms with Gasteiger partial charge in [-0.3, -0.25) is 4.79 Å². The van der Waals surface area contributed by atoms with E-state index in [9.17, 15) is 9.18 Å². The lowest BCUT2D eigenvalue weighted by Gasteiger charge is -2.22. The molecule has 164 valence electrons. The number of amides is 1. The third-order valence-electron chi connectivity index (χ3n) is 5.22. The second kappa shape index (κ2) is 9.03. The maximum absolute atomic E-state index is 13.4. The van der Waals surface area contributed by atoms with Gasteiger partial charge in [0.25, 0.3) is 0 Å². The quantitative estimate of drug-likeness (QED) is 0.258. The van der Waals surface area contributed by atoms with Gasteiger partial charge in [-0.2, -0.15) is 4.98 Å². The van der Waals surface area contributed by atoms with Crippen LogP contribution < -0.4 is 10.1 Å². The van der Waals surface area contributed by atoms with Gasteiger partial charge >= 0.3 is 0 Å². The summed E-state index contributed by atoms with van der Waals surface area (Å²) in [5.74, 6) is 1.37. The summed E-state index contributed by atoms with van der Waals surface area (Å²) in [6, 6.07) is 21.4. The maximum atomic E-state index is 13.4. The zero-order valence-electron chi connectivity index (χ0n) is 17.8. The molecule has 0 fully saturated rings. The van der Waals surface area contributed by atoms with E-state index in [1.165, 1.54) is 23.9 Å². The number of halogens is 1. The standard InChI is InChI=1S/C26H20FN3O2S/c1-16-7-12-22-18(13-16)14-21-25(32-22)29-24(17-8-10-19(27)11-9-17)30-26(21)33-15-23(31)28-20-5-3-2-4-6-20/h2-13H,14-15H2,1H3,(H,28,31). The number of aryl methyl sites for hydroxylation is 1. The lowest BCUT2D eigenvalue weighted by molar-refractivity contribution is -0.113. The van der Waals surface area contributed by atoms with E-state index in [2.05, 4.69) is 16.4 Å². The molecule has 0 radical (unpaired) electrons. The first-order valence-corrected chi connectivity index (χ1v) is 11.5. The Balaban J connectivity index is 1.46. The minimum Gasteiger partial charge on any atom is -0.438 e. The number of aromatic nitrogens is 2. The third kappa shape index (κ3) is 4.73. The largest absolute Gasteiger partial charge is 0.438 e. The Hall–Kier alpha value is -3.71. The zero-order chi connectivity index (χ0) is 22.8. The number of hydrogen-bond donors (Lipinski definition) is 1. The van der Waals surface area contributed by atoms with Crippen LogP contribution in [0, 0.1) is 12.7 Å². The number of thioether (sulfide) groups is 1. The molecule has 0 unspecified atom stereocenters. The minimum absolute atomic E-state index is 0.130. The number of carbonyl (C=O) groups excluding carboxylic acids is 1. The summed E-state index contributed by atoms with van der Waals surface area (Å²) < 4.78 is 19.5. The first kappa shape index (κ1) is 21.2. The summed E-state index contributed by atoms with van der Waals surface area (Å²) in [4.78, 5) is 21.9. The number of nitrogens with zero attached hydrogens (tertiary/aromatic N) is 2. The molecule has 4 aromatic rings. The molecule has 0 bridgehead atoms. The molecule has 1 aromatic heterocycles. The van der Waals surface area contributed by atoms with Crippen LogP contribution in [0.5, 0.6) is 11.6 Å². The monoisotopic (exact) mass is 457 g/mol. The highest BCUT2D eigenvalue weighted by Gasteiger charge is 2.25. The van der Waals surface area contributed by atoms with E-state index in [0.29, 0.717) is 28.7 Å². The van der Waals surface area contributed by atoms with Gasteiger partial charge in [0, 0.05) is 17.7 Å². The molecule has 0 atom stereocenters. The van der Waals surface area contributed by atoms with E-state index in [-0.39, 0.29) is 17.5 Å². The van der Waals surface area contributed by atoms with Crippen molar-refractivity contribution in [3.8, 4) is 23.0 Å². The lowest BCUT2D eigenvalue weighted by atomic mass is 10.0. The van der Waals surface area contributed by atoms with Crippen LogP contribution in [0.2, 0.25) is 0 Å². The molecular formula is C26H20FN3O2S. The molecule has 5 rings (SSSR count). The molecule has 2 heterocycles. The molecule has 7 heteroatoms. The average Bonchev–Trinajstić information content (AvgIpc) is 2.82. The summed E-state index contributed by atoms with van der Waals surface area (Å²) in [5.41, 5.74) is 4.45. The maximum Gasteiger partial charge on any atom is 0.234 e.